The number of pyridine rings is 1. The predicted molar refractivity (Wildman–Crippen MR) is 63.4 cm³/mol. The van der Waals surface area contributed by atoms with Crippen molar-refractivity contribution >= 4 is 11.6 Å². The molecule has 4 nitrogen and oxygen atoms in total. The van der Waals surface area contributed by atoms with E-state index in [-0.39, 0.29) is 11.9 Å². The molecule has 1 aliphatic carbocycles. The molecule has 1 aliphatic rings. The van der Waals surface area contributed by atoms with Crippen LogP contribution in [0, 0.1) is 5.92 Å². The summed E-state index contributed by atoms with van der Waals surface area (Å²) < 4.78 is 0. The van der Waals surface area contributed by atoms with E-state index in [9.17, 15) is 4.79 Å². The average molecular weight is 219 g/mol. The summed E-state index contributed by atoms with van der Waals surface area (Å²) in [6.45, 7) is 2.06. The van der Waals surface area contributed by atoms with Gasteiger partial charge in [0.25, 0.3) is 5.91 Å². The van der Waals surface area contributed by atoms with Crippen LogP contribution in [0.15, 0.2) is 18.5 Å². The average Bonchev–Trinajstić information content (AvgIpc) is 3.12. The summed E-state index contributed by atoms with van der Waals surface area (Å²) >= 11 is 0. The van der Waals surface area contributed by atoms with E-state index in [0.717, 1.165) is 5.69 Å². The second-order valence-electron chi connectivity index (χ2n) is 4.27. The molecule has 1 atom stereocenters. The number of hydrogen-bond acceptors (Lipinski definition) is 3. The van der Waals surface area contributed by atoms with Gasteiger partial charge in [0, 0.05) is 31.2 Å². The van der Waals surface area contributed by atoms with Gasteiger partial charge in [0.1, 0.15) is 0 Å². The number of anilines is 1. The summed E-state index contributed by atoms with van der Waals surface area (Å²) in [4.78, 5) is 16.0. The van der Waals surface area contributed by atoms with Gasteiger partial charge in [-0.25, -0.2) is 0 Å². The second kappa shape index (κ2) is 4.51. The molecule has 1 saturated carbocycles. The Hall–Kier alpha value is -1.58. The Bertz CT molecular complexity index is 388. The van der Waals surface area contributed by atoms with Crippen molar-refractivity contribution in [2.24, 2.45) is 5.92 Å². The molecule has 2 N–H and O–H groups in total. The number of nitrogens with zero attached hydrogens (tertiary/aromatic N) is 1. The van der Waals surface area contributed by atoms with Crippen molar-refractivity contribution in [3.8, 4) is 0 Å². The molecule has 0 aromatic carbocycles. The Balaban J connectivity index is 2.07. The maximum absolute atomic E-state index is 12.0. The summed E-state index contributed by atoms with van der Waals surface area (Å²) in [5.41, 5.74) is 1.42. The van der Waals surface area contributed by atoms with Gasteiger partial charge in [-0.15, -0.1) is 0 Å². The van der Waals surface area contributed by atoms with Gasteiger partial charge in [0.05, 0.1) is 5.56 Å². The molecule has 0 radical (unpaired) electrons. The normalized spacial score (nSPS) is 16.6. The largest absolute Gasteiger partial charge is 0.387 e. The summed E-state index contributed by atoms with van der Waals surface area (Å²) in [5.74, 6) is 0.621. The number of hydrogen-bond donors (Lipinski definition) is 2. The van der Waals surface area contributed by atoms with E-state index in [4.69, 9.17) is 0 Å². The number of nitrogens with one attached hydrogen (secondary N) is 2. The lowest BCUT2D eigenvalue weighted by atomic mass is 10.1. The van der Waals surface area contributed by atoms with Crippen LogP contribution in [0.3, 0.4) is 0 Å². The first-order chi connectivity index (χ1) is 7.72. The quantitative estimate of drug-likeness (QED) is 0.809. The maximum atomic E-state index is 12.0. The van der Waals surface area contributed by atoms with Crippen molar-refractivity contribution in [1.29, 1.82) is 0 Å². The van der Waals surface area contributed by atoms with Gasteiger partial charge in [-0.3, -0.25) is 9.78 Å². The zero-order valence-electron chi connectivity index (χ0n) is 9.66. The monoisotopic (exact) mass is 219 g/mol. The number of rotatable bonds is 4. The van der Waals surface area contributed by atoms with Crippen molar-refractivity contribution in [2.45, 2.75) is 25.8 Å². The molecular weight excluding hydrogens is 202 g/mol. The molecule has 16 heavy (non-hydrogen) atoms. The van der Waals surface area contributed by atoms with Gasteiger partial charge in [0.2, 0.25) is 0 Å². The molecule has 1 amide bonds. The fourth-order valence-corrected chi connectivity index (χ4v) is 1.79. The third-order valence-electron chi connectivity index (χ3n) is 3.02. The van der Waals surface area contributed by atoms with Crippen LogP contribution in [0.2, 0.25) is 0 Å². The first kappa shape index (κ1) is 10.9. The van der Waals surface area contributed by atoms with E-state index >= 15 is 0 Å². The lowest BCUT2D eigenvalue weighted by Gasteiger charge is -2.14. The Labute approximate surface area is 95.5 Å². The third kappa shape index (κ3) is 2.32. The minimum Gasteiger partial charge on any atom is -0.387 e. The van der Waals surface area contributed by atoms with Gasteiger partial charge < -0.3 is 10.6 Å². The van der Waals surface area contributed by atoms with Crippen LogP contribution >= 0.6 is 0 Å². The zero-order chi connectivity index (χ0) is 11.5. The fourth-order valence-electron chi connectivity index (χ4n) is 1.79. The van der Waals surface area contributed by atoms with Crippen LogP contribution in [0.4, 0.5) is 5.69 Å². The van der Waals surface area contributed by atoms with E-state index in [1.165, 1.54) is 12.8 Å². The minimum absolute atomic E-state index is 0.0446. The van der Waals surface area contributed by atoms with Crippen LogP contribution < -0.4 is 10.6 Å². The topological polar surface area (TPSA) is 54.0 Å². The predicted octanol–water partition coefficient (Wildman–Crippen LogP) is 1.65. The highest BCUT2D eigenvalue weighted by Gasteiger charge is 2.29. The number of carbonyl (C=O) groups is 1. The Morgan fingerprint density at radius 3 is 2.94 bits per heavy atom. The van der Waals surface area contributed by atoms with Crippen molar-refractivity contribution in [2.75, 3.05) is 12.4 Å². The van der Waals surface area contributed by atoms with Gasteiger partial charge in [0.15, 0.2) is 0 Å². The van der Waals surface area contributed by atoms with Crippen LogP contribution in [-0.2, 0) is 0 Å². The number of carbonyl (C=O) groups excluding carboxylic acids is 1. The van der Waals surface area contributed by atoms with Gasteiger partial charge >= 0.3 is 0 Å². The van der Waals surface area contributed by atoms with Gasteiger partial charge in [-0.2, -0.15) is 0 Å². The smallest absolute Gasteiger partial charge is 0.255 e. The van der Waals surface area contributed by atoms with Crippen molar-refractivity contribution in [3.05, 3.63) is 24.0 Å². The van der Waals surface area contributed by atoms with E-state index in [1.54, 1.807) is 25.5 Å². The Morgan fingerprint density at radius 1 is 1.56 bits per heavy atom. The molecule has 0 saturated heterocycles. The first-order valence-corrected chi connectivity index (χ1v) is 5.65. The summed E-state index contributed by atoms with van der Waals surface area (Å²) in [6, 6.07) is 2.06. The summed E-state index contributed by atoms with van der Waals surface area (Å²) in [5, 5.41) is 6.01. The molecule has 1 fully saturated rings. The number of amides is 1. The van der Waals surface area contributed by atoms with Crippen LogP contribution in [0.25, 0.3) is 0 Å². The lowest BCUT2D eigenvalue weighted by molar-refractivity contribution is 0.0936. The van der Waals surface area contributed by atoms with Crippen LogP contribution in [0.5, 0.6) is 0 Å². The standard InChI is InChI=1S/C12H17N3O/c1-8(9-3-4-9)15-12(16)10-7-14-6-5-11(10)13-2/h5-9H,3-4H2,1-2H3,(H,13,14)(H,15,16). The van der Waals surface area contributed by atoms with Crippen molar-refractivity contribution in [1.82, 2.24) is 10.3 Å². The second-order valence-corrected chi connectivity index (χ2v) is 4.27. The van der Waals surface area contributed by atoms with E-state index < -0.39 is 0 Å². The molecule has 0 spiro atoms. The van der Waals surface area contributed by atoms with Crippen molar-refractivity contribution < 1.29 is 4.79 Å². The van der Waals surface area contributed by atoms with E-state index in [0.29, 0.717) is 11.5 Å². The molecule has 0 aliphatic heterocycles. The van der Waals surface area contributed by atoms with E-state index in [1.807, 2.05) is 0 Å². The number of aromatic nitrogens is 1. The third-order valence-corrected chi connectivity index (χ3v) is 3.02. The highest BCUT2D eigenvalue weighted by atomic mass is 16.1. The maximum Gasteiger partial charge on any atom is 0.255 e. The molecular formula is C12H17N3O. The highest BCUT2D eigenvalue weighted by molar-refractivity contribution is 5.99. The van der Waals surface area contributed by atoms with E-state index in [2.05, 4.69) is 22.5 Å². The lowest BCUT2D eigenvalue weighted by Crippen LogP contribution is -2.34. The van der Waals surface area contributed by atoms with Gasteiger partial charge in [-0.05, 0) is 31.7 Å². The fraction of sp³-hybridized carbons (Fsp3) is 0.500. The highest BCUT2D eigenvalue weighted by Crippen LogP contribution is 2.32. The Morgan fingerprint density at radius 2 is 2.31 bits per heavy atom. The SMILES string of the molecule is CNc1ccncc1C(=O)NC(C)C1CC1. The molecule has 1 unspecified atom stereocenters. The van der Waals surface area contributed by atoms with Crippen molar-refractivity contribution in [3.63, 3.8) is 0 Å². The molecule has 4 heteroatoms. The molecule has 2 rings (SSSR count). The molecule has 1 heterocycles. The van der Waals surface area contributed by atoms with Crippen LogP contribution in [0.1, 0.15) is 30.1 Å². The summed E-state index contributed by atoms with van der Waals surface area (Å²) in [7, 11) is 1.80. The minimum atomic E-state index is -0.0446. The molecule has 0 bridgehead atoms. The summed E-state index contributed by atoms with van der Waals surface area (Å²) in [6.07, 6.45) is 5.73. The Kier molecular flexibility index (Phi) is 3.08. The zero-order valence-corrected chi connectivity index (χ0v) is 9.66. The first-order valence-electron chi connectivity index (χ1n) is 5.65. The van der Waals surface area contributed by atoms with Crippen LogP contribution in [-0.4, -0.2) is 24.0 Å². The molecule has 86 valence electrons. The molecule has 1 aromatic heterocycles. The molecule has 1 aromatic rings. The van der Waals surface area contributed by atoms with Gasteiger partial charge in [-0.1, -0.05) is 0 Å².